The molecule has 1 saturated heterocycles. The topological polar surface area (TPSA) is 79.3 Å². The minimum absolute atomic E-state index is 0.0202. The molecule has 1 amide bonds. The first-order valence-electron chi connectivity index (χ1n) is 7.27. The zero-order valence-corrected chi connectivity index (χ0v) is 12.1. The number of carbonyl (C=O) groups excluding carboxylic acids is 1. The van der Waals surface area contributed by atoms with Crippen LogP contribution in [0.1, 0.15) is 24.0 Å². The lowest BCUT2D eigenvalue weighted by Gasteiger charge is -2.32. The van der Waals surface area contributed by atoms with Gasteiger partial charge in [-0.25, -0.2) is 0 Å². The number of likely N-dealkylation sites (tertiary alicyclic amines) is 1. The minimum Gasteiger partial charge on any atom is -0.376 e. The van der Waals surface area contributed by atoms with Gasteiger partial charge in [0.1, 0.15) is 0 Å². The molecule has 1 heterocycles. The van der Waals surface area contributed by atoms with Crippen LogP contribution in [-0.4, -0.2) is 37.0 Å². The van der Waals surface area contributed by atoms with Crippen molar-refractivity contribution in [3.8, 4) is 6.07 Å². The molecule has 2 rings (SSSR count). The summed E-state index contributed by atoms with van der Waals surface area (Å²) in [4.78, 5) is 13.4. The number of hydrogen-bond acceptors (Lipinski definition) is 4. The van der Waals surface area contributed by atoms with Crippen LogP contribution >= 0.6 is 0 Å². The third-order valence-corrected chi connectivity index (χ3v) is 3.75. The first-order chi connectivity index (χ1) is 10.2. The molecule has 0 aromatic heterocycles. The molecule has 1 aliphatic rings. The summed E-state index contributed by atoms with van der Waals surface area (Å²) < 4.78 is 5.74. The van der Waals surface area contributed by atoms with Crippen LogP contribution in [0, 0.1) is 17.2 Å². The van der Waals surface area contributed by atoms with Gasteiger partial charge in [0.2, 0.25) is 5.91 Å². The zero-order chi connectivity index (χ0) is 15.1. The maximum absolute atomic E-state index is 11.6. The molecule has 21 heavy (non-hydrogen) atoms. The second-order valence-corrected chi connectivity index (χ2v) is 5.38. The number of nitrogens with zero attached hydrogens (tertiary/aromatic N) is 2. The number of carbonyl (C=O) groups is 1. The fourth-order valence-electron chi connectivity index (χ4n) is 2.58. The zero-order valence-electron chi connectivity index (χ0n) is 12.1. The quantitative estimate of drug-likeness (QED) is 0.884. The van der Waals surface area contributed by atoms with Gasteiger partial charge in [-0.05, 0) is 36.5 Å². The standard InChI is InChI=1S/C16H21N3O2/c17-8-13-3-5-14(6-4-13)11-21-12-15-2-1-7-19(10-15)16(20)9-18/h3-6,15H,1-2,7,9-12,18H2. The number of benzene rings is 1. The highest BCUT2D eigenvalue weighted by Crippen LogP contribution is 2.17. The van der Waals surface area contributed by atoms with Crippen molar-refractivity contribution >= 4 is 5.91 Å². The van der Waals surface area contributed by atoms with Gasteiger partial charge in [-0.2, -0.15) is 5.26 Å². The number of nitriles is 1. The monoisotopic (exact) mass is 287 g/mol. The van der Waals surface area contributed by atoms with Crippen LogP contribution in [0.2, 0.25) is 0 Å². The van der Waals surface area contributed by atoms with Gasteiger partial charge in [-0.3, -0.25) is 4.79 Å². The number of rotatable bonds is 5. The maximum atomic E-state index is 11.6. The lowest BCUT2D eigenvalue weighted by molar-refractivity contribution is -0.132. The van der Waals surface area contributed by atoms with E-state index in [-0.39, 0.29) is 12.5 Å². The van der Waals surface area contributed by atoms with Gasteiger partial charge < -0.3 is 15.4 Å². The van der Waals surface area contributed by atoms with E-state index in [1.165, 1.54) is 0 Å². The fourth-order valence-corrected chi connectivity index (χ4v) is 2.58. The lowest BCUT2D eigenvalue weighted by Crippen LogP contribution is -2.43. The molecule has 0 bridgehead atoms. The molecule has 112 valence electrons. The van der Waals surface area contributed by atoms with E-state index in [2.05, 4.69) is 6.07 Å². The van der Waals surface area contributed by atoms with Crippen molar-refractivity contribution in [2.24, 2.45) is 11.7 Å². The van der Waals surface area contributed by atoms with Crippen LogP contribution in [0.25, 0.3) is 0 Å². The normalized spacial score (nSPS) is 18.3. The first kappa shape index (κ1) is 15.5. The minimum atomic E-state index is 0.0202. The van der Waals surface area contributed by atoms with Crippen molar-refractivity contribution in [1.82, 2.24) is 4.90 Å². The maximum Gasteiger partial charge on any atom is 0.236 e. The van der Waals surface area contributed by atoms with Crippen molar-refractivity contribution in [3.05, 3.63) is 35.4 Å². The first-order valence-corrected chi connectivity index (χ1v) is 7.27. The Hall–Kier alpha value is -1.90. The molecule has 0 radical (unpaired) electrons. The van der Waals surface area contributed by atoms with Gasteiger partial charge >= 0.3 is 0 Å². The number of ether oxygens (including phenoxy) is 1. The highest BCUT2D eigenvalue weighted by atomic mass is 16.5. The SMILES string of the molecule is N#Cc1ccc(COCC2CCCN(C(=O)CN)C2)cc1. The largest absolute Gasteiger partial charge is 0.376 e. The Labute approximate surface area is 125 Å². The molecule has 1 aromatic carbocycles. The molecule has 1 atom stereocenters. The predicted octanol–water partition coefficient (Wildman–Crippen LogP) is 1.27. The van der Waals surface area contributed by atoms with Crippen molar-refractivity contribution < 1.29 is 9.53 Å². The van der Waals surface area contributed by atoms with Gasteiger partial charge in [0, 0.05) is 13.1 Å². The number of piperidine rings is 1. The molecule has 1 unspecified atom stereocenters. The number of hydrogen-bond donors (Lipinski definition) is 1. The molecule has 0 saturated carbocycles. The van der Waals surface area contributed by atoms with E-state index in [4.69, 9.17) is 15.7 Å². The molecule has 0 spiro atoms. The Balaban J connectivity index is 1.75. The summed E-state index contributed by atoms with van der Waals surface area (Å²) in [5.41, 5.74) is 7.11. The van der Waals surface area contributed by atoms with Crippen molar-refractivity contribution in [2.75, 3.05) is 26.2 Å². The fraction of sp³-hybridized carbons (Fsp3) is 0.500. The van der Waals surface area contributed by atoms with E-state index in [0.29, 0.717) is 24.7 Å². The van der Waals surface area contributed by atoms with Crippen LogP contribution in [0.4, 0.5) is 0 Å². The summed E-state index contributed by atoms with van der Waals surface area (Å²) in [6.45, 7) is 2.81. The molecule has 1 fully saturated rings. The highest BCUT2D eigenvalue weighted by Gasteiger charge is 2.22. The van der Waals surface area contributed by atoms with Crippen molar-refractivity contribution in [3.63, 3.8) is 0 Å². The van der Waals surface area contributed by atoms with Gasteiger partial charge in [-0.15, -0.1) is 0 Å². The van der Waals surface area contributed by atoms with Gasteiger partial charge in [0.05, 0.1) is 31.4 Å². The van der Waals surface area contributed by atoms with Crippen molar-refractivity contribution in [2.45, 2.75) is 19.4 Å². The van der Waals surface area contributed by atoms with Crippen LogP contribution in [0.5, 0.6) is 0 Å². The van der Waals surface area contributed by atoms with E-state index < -0.39 is 0 Å². The average molecular weight is 287 g/mol. The third-order valence-electron chi connectivity index (χ3n) is 3.75. The Morgan fingerprint density at radius 1 is 1.43 bits per heavy atom. The Kier molecular flexibility index (Phi) is 5.73. The summed E-state index contributed by atoms with van der Waals surface area (Å²) in [5, 5.41) is 8.74. The lowest BCUT2D eigenvalue weighted by atomic mass is 9.99. The highest BCUT2D eigenvalue weighted by molar-refractivity contribution is 5.78. The second kappa shape index (κ2) is 7.77. The molecule has 0 aliphatic carbocycles. The van der Waals surface area contributed by atoms with E-state index in [1.54, 1.807) is 12.1 Å². The van der Waals surface area contributed by atoms with Crippen LogP contribution < -0.4 is 5.73 Å². The van der Waals surface area contributed by atoms with Crippen molar-refractivity contribution in [1.29, 1.82) is 5.26 Å². The average Bonchev–Trinajstić information content (AvgIpc) is 2.55. The number of amides is 1. The predicted molar refractivity (Wildman–Crippen MR) is 79.2 cm³/mol. The summed E-state index contributed by atoms with van der Waals surface area (Å²) in [6.07, 6.45) is 2.10. The second-order valence-electron chi connectivity index (χ2n) is 5.38. The summed E-state index contributed by atoms with van der Waals surface area (Å²) >= 11 is 0. The van der Waals surface area contributed by atoms with E-state index in [0.717, 1.165) is 31.5 Å². The van der Waals surface area contributed by atoms with E-state index in [1.807, 2.05) is 17.0 Å². The van der Waals surface area contributed by atoms with Gasteiger partial charge in [0.25, 0.3) is 0 Å². The Morgan fingerprint density at radius 3 is 2.86 bits per heavy atom. The van der Waals surface area contributed by atoms with Gasteiger partial charge in [-0.1, -0.05) is 12.1 Å². The van der Waals surface area contributed by atoms with E-state index >= 15 is 0 Å². The molecule has 5 nitrogen and oxygen atoms in total. The van der Waals surface area contributed by atoms with Crippen LogP contribution in [0.3, 0.4) is 0 Å². The third kappa shape index (κ3) is 4.55. The smallest absolute Gasteiger partial charge is 0.236 e. The molecule has 1 aliphatic heterocycles. The Morgan fingerprint density at radius 2 is 2.19 bits per heavy atom. The molecule has 1 aromatic rings. The van der Waals surface area contributed by atoms with Crippen LogP contribution in [-0.2, 0) is 16.1 Å². The van der Waals surface area contributed by atoms with Crippen LogP contribution in [0.15, 0.2) is 24.3 Å². The summed E-state index contributed by atoms with van der Waals surface area (Å²) in [6, 6.07) is 9.49. The summed E-state index contributed by atoms with van der Waals surface area (Å²) in [5.74, 6) is 0.402. The van der Waals surface area contributed by atoms with E-state index in [9.17, 15) is 4.79 Å². The van der Waals surface area contributed by atoms with Gasteiger partial charge in [0.15, 0.2) is 0 Å². The Bertz CT molecular complexity index is 507. The molecule has 2 N–H and O–H groups in total. The molecule has 5 heteroatoms. The molecular weight excluding hydrogens is 266 g/mol. The molecular formula is C16H21N3O2. The summed E-state index contributed by atoms with van der Waals surface area (Å²) in [7, 11) is 0. The number of nitrogens with two attached hydrogens (primary N) is 1.